The summed E-state index contributed by atoms with van der Waals surface area (Å²) < 4.78 is 34.5. The third-order valence-corrected chi connectivity index (χ3v) is 6.81. The van der Waals surface area contributed by atoms with E-state index in [-0.39, 0.29) is 34.5 Å². The van der Waals surface area contributed by atoms with Crippen LogP contribution in [0.3, 0.4) is 0 Å². The summed E-state index contributed by atoms with van der Waals surface area (Å²) in [5, 5.41) is 1.97. The maximum atomic E-state index is 11.5. The van der Waals surface area contributed by atoms with Crippen molar-refractivity contribution in [1.29, 1.82) is 0 Å². The maximum Gasteiger partial charge on any atom is 1.00 e. The zero-order valence-electron chi connectivity index (χ0n) is 19.9. The molecule has 0 fully saturated rings. The van der Waals surface area contributed by atoms with Crippen molar-refractivity contribution in [2.24, 2.45) is 0 Å². The molecule has 2 aromatic rings. The van der Waals surface area contributed by atoms with Gasteiger partial charge < -0.3 is 4.55 Å². The quantitative estimate of drug-likeness (QED) is 0.225. The molecule has 0 amide bonds. The van der Waals surface area contributed by atoms with Crippen LogP contribution in [0.2, 0.25) is 0 Å². The minimum Gasteiger partial charge on any atom is -0.744 e. The van der Waals surface area contributed by atoms with E-state index < -0.39 is 10.1 Å². The minimum atomic E-state index is -4.43. The van der Waals surface area contributed by atoms with Crippen molar-refractivity contribution >= 4 is 20.9 Å². The van der Waals surface area contributed by atoms with Gasteiger partial charge in [-0.25, -0.2) is 8.42 Å². The molecule has 0 bridgehead atoms. The maximum absolute atomic E-state index is 11.5. The summed E-state index contributed by atoms with van der Waals surface area (Å²) in [5.74, 6) is 0. The predicted molar refractivity (Wildman–Crippen MR) is 126 cm³/mol. The van der Waals surface area contributed by atoms with Crippen molar-refractivity contribution in [1.82, 2.24) is 0 Å². The second kappa shape index (κ2) is 15.4. The smallest absolute Gasteiger partial charge is 0.744 e. The molecule has 0 aliphatic heterocycles. The van der Waals surface area contributed by atoms with E-state index in [4.69, 9.17) is 0 Å². The number of rotatable bonds is 15. The van der Waals surface area contributed by atoms with Crippen molar-refractivity contribution < 1.29 is 42.5 Å². The Labute approximate surface area is 212 Å². The summed E-state index contributed by atoms with van der Waals surface area (Å²) in [5.41, 5.74) is 2.55. The van der Waals surface area contributed by atoms with Crippen LogP contribution in [-0.4, -0.2) is 13.0 Å². The zero-order chi connectivity index (χ0) is 21.8. The standard InChI is InChI=1S/C26H40O3S.Na/c1-3-5-7-9-11-13-15-22-19-23(16-14-12-10-8-6-4-2)26-18-17-25(30(27,28)29)21-24(26)20-22;/h17-21H,3-16H2,1-2H3,(H,27,28,29);/q;+1/p-1. The van der Waals surface area contributed by atoms with E-state index >= 15 is 0 Å². The summed E-state index contributed by atoms with van der Waals surface area (Å²) in [4.78, 5) is -0.128. The van der Waals surface area contributed by atoms with Crippen molar-refractivity contribution in [2.75, 3.05) is 0 Å². The topological polar surface area (TPSA) is 57.2 Å². The first-order valence-electron chi connectivity index (χ1n) is 12.0. The molecule has 168 valence electrons. The summed E-state index contributed by atoms with van der Waals surface area (Å²) in [6.07, 6.45) is 17.1. The molecule has 2 rings (SSSR count). The van der Waals surface area contributed by atoms with Gasteiger partial charge in [0, 0.05) is 0 Å². The summed E-state index contributed by atoms with van der Waals surface area (Å²) >= 11 is 0. The van der Waals surface area contributed by atoms with Crippen molar-refractivity contribution in [3.05, 3.63) is 41.5 Å². The molecule has 0 saturated heterocycles. The van der Waals surface area contributed by atoms with Crippen LogP contribution in [0.5, 0.6) is 0 Å². The van der Waals surface area contributed by atoms with E-state index in [0.717, 1.165) is 36.5 Å². The molecule has 0 heterocycles. The Morgan fingerprint density at radius 2 is 1.26 bits per heavy atom. The molecule has 0 spiro atoms. The molecule has 0 unspecified atom stereocenters. The van der Waals surface area contributed by atoms with Crippen LogP contribution in [0, 0.1) is 0 Å². The summed E-state index contributed by atoms with van der Waals surface area (Å²) in [6.45, 7) is 4.47. The van der Waals surface area contributed by atoms with E-state index in [1.807, 2.05) is 6.07 Å². The predicted octanol–water partition coefficient (Wildman–Crippen LogP) is 4.55. The van der Waals surface area contributed by atoms with Gasteiger partial charge in [-0.15, -0.1) is 0 Å². The second-order valence-electron chi connectivity index (χ2n) is 8.63. The van der Waals surface area contributed by atoms with Gasteiger partial charge in [0.15, 0.2) is 0 Å². The first-order valence-corrected chi connectivity index (χ1v) is 13.4. The fourth-order valence-electron chi connectivity index (χ4n) is 4.21. The van der Waals surface area contributed by atoms with Crippen molar-refractivity contribution in [2.45, 2.75) is 109 Å². The first-order chi connectivity index (χ1) is 14.5. The van der Waals surface area contributed by atoms with Crippen LogP contribution >= 0.6 is 0 Å². The molecule has 0 saturated carbocycles. The third kappa shape index (κ3) is 10.4. The number of fused-ring (bicyclic) bond motifs is 1. The van der Waals surface area contributed by atoms with Gasteiger partial charge in [0.05, 0.1) is 4.90 Å². The van der Waals surface area contributed by atoms with Gasteiger partial charge >= 0.3 is 29.6 Å². The Balaban J connectivity index is 0.00000480. The van der Waals surface area contributed by atoms with Gasteiger partial charge in [-0.05, 0) is 59.7 Å². The molecule has 0 N–H and O–H groups in total. The molecule has 31 heavy (non-hydrogen) atoms. The first kappa shape index (κ1) is 28.6. The van der Waals surface area contributed by atoms with E-state index in [0.29, 0.717) is 0 Å². The van der Waals surface area contributed by atoms with Crippen molar-refractivity contribution in [3.8, 4) is 0 Å². The molecule has 0 radical (unpaired) electrons. The van der Waals surface area contributed by atoms with Gasteiger partial charge in [-0.1, -0.05) is 96.3 Å². The van der Waals surface area contributed by atoms with E-state index in [9.17, 15) is 13.0 Å². The Kier molecular flexibility index (Phi) is 14.3. The SMILES string of the molecule is CCCCCCCCc1cc(CCCCCCCC)c2ccc(S(=O)(=O)[O-])cc2c1.[Na+]. The zero-order valence-corrected chi connectivity index (χ0v) is 22.7. The Hall–Kier alpha value is -0.390. The number of benzene rings is 2. The molecule has 3 nitrogen and oxygen atoms in total. The fraction of sp³-hybridized carbons (Fsp3) is 0.615. The van der Waals surface area contributed by atoms with E-state index in [1.165, 1.54) is 81.4 Å². The van der Waals surface area contributed by atoms with Crippen LogP contribution in [0.25, 0.3) is 10.8 Å². The third-order valence-electron chi connectivity index (χ3n) is 5.98. The Morgan fingerprint density at radius 1 is 0.710 bits per heavy atom. The summed E-state index contributed by atoms with van der Waals surface area (Å²) in [6, 6.07) is 9.24. The number of aryl methyl sites for hydroxylation is 2. The molecule has 0 atom stereocenters. The van der Waals surface area contributed by atoms with Crippen LogP contribution in [0.4, 0.5) is 0 Å². The Bertz CT molecular complexity index is 878. The average molecular weight is 455 g/mol. The monoisotopic (exact) mass is 454 g/mol. The van der Waals surface area contributed by atoms with Crippen LogP contribution in [0.1, 0.15) is 102 Å². The molecular weight excluding hydrogens is 415 g/mol. The molecule has 5 heteroatoms. The van der Waals surface area contributed by atoms with Crippen LogP contribution < -0.4 is 29.6 Å². The minimum absolute atomic E-state index is 0. The second-order valence-corrected chi connectivity index (χ2v) is 10.0. The van der Waals surface area contributed by atoms with Gasteiger partial charge in [0.1, 0.15) is 10.1 Å². The van der Waals surface area contributed by atoms with E-state index in [1.54, 1.807) is 6.07 Å². The summed E-state index contributed by atoms with van der Waals surface area (Å²) in [7, 11) is -4.43. The molecule has 0 aliphatic carbocycles. The average Bonchev–Trinajstić information content (AvgIpc) is 2.72. The van der Waals surface area contributed by atoms with Gasteiger partial charge in [0.25, 0.3) is 0 Å². The molecule has 0 aromatic heterocycles. The molecule has 2 aromatic carbocycles. The largest absolute Gasteiger partial charge is 1.00 e. The number of hydrogen-bond donors (Lipinski definition) is 0. The fourth-order valence-corrected chi connectivity index (χ4v) is 4.71. The van der Waals surface area contributed by atoms with Gasteiger partial charge in [-0.2, -0.15) is 0 Å². The van der Waals surface area contributed by atoms with Gasteiger partial charge in [-0.3, -0.25) is 0 Å². The van der Waals surface area contributed by atoms with Crippen LogP contribution in [0.15, 0.2) is 35.2 Å². The van der Waals surface area contributed by atoms with Crippen molar-refractivity contribution in [3.63, 3.8) is 0 Å². The molecule has 0 aliphatic rings. The number of hydrogen-bond acceptors (Lipinski definition) is 3. The van der Waals surface area contributed by atoms with Crippen LogP contribution in [-0.2, 0) is 23.0 Å². The van der Waals surface area contributed by atoms with Gasteiger partial charge in [0.2, 0.25) is 0 Å². The molecular formula is C26H39NaO3S. The normalized spacial score (nSPS) is 11.6. The Morgan fingerprint density at radius 3 is 1.84 bits per heavy atom. The van der Waals surface area contributed by atoms with E-state index in [2.05, 4.69) is 26.0 Å². The number of unbranched alkanes of at least 4 members (excludes halogenated alkanes) is 10.